The third kappa shape index (κ3) is 2.72. The van der Waals surface area contributed by atoms with Crippen molar-refractivity contribution in [3.63, 3.8) is 0 Å². The van der Waals surface area contributed by atoms with E-state index in [1.807, 2.05) is 11.0 Å². The highest BCUT2D eigenvalue weighted by Crippen LogP contribution is 2.31. The fourth-order valence-corrected chi connectivity index (χ4v) is 3.23. The number of hydrogen-bond donors (Lipinski definition) is 1. The number of benzene rings is 1. The SMILES string of the molecule is CC1CC(c2ccccc2)CN1C(=O)C1COCCN1. The van der Waals surface area contributed by atoms with E-state index in [1.54, 1.807) is 0 Å². The van der Waals surface area contributed by atoms with Gasteiger partial charge >= 0.3 is 0 Å². The van der Waals surface area contributed by atoms with Crippen LogP contribution in [0.1, 0.15) is 24.8 Å². The molecule has 4 nitrogen and oxygen atoms in total. The minimum absolute atomic E-state index is 0.166. The van der Waals surface area contributed by atoms with E-state index in [0.29, 0.717) is 25.2 Å². The predicted octanol–water partition coefficient (Wildman–Crippen LogP) is 1.38. The Bertz CT molecular complexity index is 457. The van der Waals surface area contributed by atoms with E-state index < -0.39 is 0 Å². The normalized spacial score (nSPS) is 30.4. The van der Waals surface area contributed by atoms with E-state index in [0.717, 1.165) is 19.5 Å². The zero-order chi connectivity index (χ0) is 13.9. The van der Waals surface area contributed by atoms with Crippen LogP contribution in [0.2, 0.25) is 0 Å². The summed E-state index contributed by atoms with van der Waals surface area (Å²) >= 11 is 0. The van der Waals surface area contributed by atoms with Crippen molar-refractivity contribution in [2.24, 2.45) is 0 Å². The second-order valence-electron chi connectivity index (χ2n) is 5.76. The van der Waals surface area contributed by atoms with Crippen molar-refractivity contribution >= 4 is 5.91 Å². The van der Waals surface area contributed by atoms with E-state index in [1.165, 1.54) is 5.56 Å². The van der Waals surface area contributed by atoms with Gasteiger partial charge in [0.15, 0.2) is 0 Å². The van der Waals surface area contributed by atoms with Crippen LogP contribution in [0, 0.1) is 0 Å². The highest BCUT2D eigenvalue weighted by atomic mass is 16.5. The maximum Gasteiger partial charge on any atom is 0.242 e. The first-order chi connectivity index (χ1) is 9.75. The van der Waals surface area contributed by atoms with E-state index >= 15 is 0 Å². The summed E-state index contributed by atoms with van der Waals surface area (Å²) < 4.78 is 5.40. The number of likely N-dealkylation sites (tertiary alicyclic amines) is 1. The van der Waals surface area contributed by atoms with E-state index in [-0.39, 0.29) is 11.9 Å². The Morgan fingerprint density at radius 1 is 1.35 bits per heavy atom. The van der Waals surface area contributed by atoms with Crippen LogP contribution in [-0.4, -0.2) is 49.2 Å². The minimum atomic E-state index is -0.166. The van der Waals surface area contributed by atoms with Gasteiger partial charge in [0.25, 0.3) is 0 Å². The second kappa shape index (κ2) is 5.94. The van der Waals surface area contributed by atoms with E-state index in [4.69, 9.17) is 4.74 Å². The number of carbonyl (C=O) groups is 1. The summed E-state index contributed by atoms with van der Waals surface area (Å²) in [6.07, 6.45) is 1.04. The molecule has 108 valence electrons. The van der Waals surface area contributed by atoms with Gasteiger partial charge in [-0.15, -0.1) is 0 Å². The van der Waals surface area contributed by atoms with Crippen LogP contribution in [0.25, 0.3) is 0 Å². The number of nitrogens with one attached hydrogen (secondary N) is 1. The molecule has 3 unspecified atom stereocenters. The predicted molar refractivity (Wildman–Crippen MR) is 77.6 cm³/mol. The van der Waals surface area contributed by atoms with Crippen molar-refractivity contribution in [3.05, 3.63) is 35.9 Å². The number of rotatable bonds is 2. The van der Waals surface area contributed by atoms with Crippen LogP contribution < -0.4 is 5.32 Å². The first kappa shape index (κ1) is 13.6. The molecule has 1 amide bonds. The van der Waals surface area contributed by atoms with Gasteiger partial charge in [-0.1, -0.05) is 30.3 Å². The number of ether oxygens (including phenoxy) is 1. The highest BCUT2D eigenvalue weighted by molar-refractivity contribution is 5.82. The molecule has 2 fully saturated rings. The zero-order valence-electron chi connectivity index (χ0n) is 11.9. The number of nitrogens with zero attached hydrogens (tertiary/aromatic N) is 1. The van der Waals surface area contributed by atoms with Crippen molar-refractivity contribution in [2.75, 3.05) is 26.3 Å². The molecule has 1 aromatic rings. The summed E-state index contributed by atoms with van der Waals surface area (Å²) in [5.41, 5.74) is 1.34. The summed E-state index contributed by atoms with van der Waals surface area (Å²) in [5.74, 6) is 0.648. The van der Waals surface area contributed by atoms with Crippen LogP contribution in [-0.2, 0) is 9.53 Å². The number of carbonyl (C=O) groups excluding carboxylic acids is 1. The highest BCUT2D eigenvalue weighted by Gasteiger charge is 2.36. The van der Waals surface area contributed by atoms with Crippen LogP contribution in [0.5, 0.6) is 0 Å². The monoisotopic (exact) mass is 274 g/mol. The van der Waals surface area contributed by atoms with Crippen molar-refractivity contribution in [2.45, 2.75) is 31.3 Å². The third-order valence-corrected chi connectivity index (χ3v) is 4.35. The van der Waals surface area contributed by atoms with Gasteiger partial charge in [0.05, 0.1) is 13.2 Å². The van der Waals surface area contributed by atoms with Gasteiger partial charge in [-0.2, -0.15) is 0 Å². The fraction of sp³-hybridized carbons (Fsp3) is 0.562. The third-order valence-electron chi connectivity index (χ3n) is 4.35. The van der Waals surface area contributed by atoms with E-state index in [2.05, 4.69) is 36.5 Å². The van der Waals surface area contributed by atoms with Crippen molar-refractivity contribution in [1.29, 1.82) is 0 Å². The Kier molecular flexibility index (Phi) is 4.03. The Hall–Kier alpha value is -1.39. The second-order valence-corrected chi connectivity index (χ2v) is 5.76. The molecule has 0 saturated carbocycles. The maximum absolute atomic E-state index is 12.6. The molecule has 2 aliphatic heterocycles. The van der Waals surface area contributed by atoms with Crippen LogP contribution in [0.4, 0.5) is 0 Å². The summed E-state index contributed by atoms with van der Waals surface area (Å²) in [4.78, 5) is 14.6. The molecular formula is C16H22N2O2. The van der Waals surface area contributed by atoms with Gasteiger partial charge < -0.3 is 15.0 Å². The van der Waals surface area contributed by atoms with Crippen molar-refractivity contribution < 1.29 is 9.53 Å². The van der Waals surface area contributed by atoms with Crippen LogP contribution >= 0.6 is 0 Å². The molecule has 4 heteroatoms. The molecule has 0 radical (unpaired) electrons. The molecule has 3 rings (SSSR count). The molecule has 1 N–H and O–H groups in total. The molecule has 1 aromatic carbocycles. The average Bonchev–Trinajstić information content (AvgIpc) is 2.90. The lowest BCUT2D eigenvalue weighted by Gasteiger charge is -2.29. The van der Waals surface area contributed by atoms with E-state index in [9.17, 15) is 4.79 Å². The first-order valence-electron chi connectivity index (χ1n) is 7.42. The van der Waals surface area contributed by atoms with Crippen LogP contribution in [0.3, 0.4) is 0 Å². The largest absolute Gasteiger partial charge is 0.378 e. The van der Waals surface area contributed by atoms with Crippen LogP contribution in [0.15, 0.2) is 30.3 Å². The average molecular weight is 274 g/mol. The van der Waals surface area contributed by atoms with Gasteiger partial charge in [0, 0.05) is 25.0 Å². The lowest BCUT2D eigenvalue weighted by Crippen LogP contribution is -2.53. The molecule has 3 atom stereocenters. The molecule has 0 spiro atoms. The fourth-order valence-electron chi connectivity index (χ4n) is 3.23. The Morgan fingerprint density at radius 3 is 2.85 bits per heavy atom. The quantitative estimate of drug-likeness (QED) is 0.886. The lowest BCUT2D eigenvalue weighted by molar-refractivity contribution is -0.136. The molecule has 0 aromatic heterocycles. The molecule has 0 bridgehead atoms. The van der Waals surface area contributed by atoms with Crippen molar-refractivity contribution in [1.82, 2.24) is 10.2 Å². The Balaban J connectivity index is 1.67. The minimum Gasteiger partial charge on any atom is -0.378 e. The molecule has 2 aliphatic rings. The first-order valence-corrected chi connectivity index (χ1v) is 7.42. The molecule has 2 heterocycles. The summed E-state index contributed by atoms with van der Waals surface area (Å²) in [7, 11) is 0. The Morgan fingerprint density at radius 2 is 2.15 bits per heavy atom. The summed E-state index contributed by atoms with van der Waals surface area (Å²) in [5, 5.41) is 3.25. The lowest BCUT2D eigenvalue weighted by atomic mass is 9.97. The summed E-state index contributed by atoms with van der Waals surface area (Å²) in [6.45, 7) is 4.93. The topological polar surface area (TPSA) is 41.6 Å². The molecular weight excluding hydrogens is 252 g/mol. The zero-order valence-corrected chi connectivity index (χ0v) is 11.9. The smallest absolute Gasteiger partial charge is 0.242 e. The number of hydrogen-bond acceptors (Lipinski definition) is 3. The van der Waals surface area contributed by atoms with Gasteiger partial charge in [0.1, 0.15) is 6.04 Å². The molecule has 20 heavy (non-hydrogen) atoms. The summed E-state index contributed by atoms with van der Waals surface area (Å²) in [6, 6.07) is 10.6. The van der Waals surface area contributed by atoms with Gasteiger partial charge in [-0.25, -0.2) is 0 Å². The van der Waals surface area contributed by atoms with Gasteiger partial charge in [-0.3, -0.25) is 4.79 Å². The van der Waals surface area contributed by atoms with Gasteiger partial charge in [0.2, 0.25) is 5.91 Å². The number of amides is 1. The maximum atomic E-state index is 12.6. The number of morpholine rings is 1. The molecule has 0 aliphatic carbocycles. The molecule has 2 saturated heterocycles. The van der Waals surface area contributed by atoms with Gasteiger partial charge in [-0.05, 0) is 18.9 Å². The van der Waals surface area contributed by atoms with Crippen molar-refractivity contribution in [3.8, 4) is 0 Å². The Labute approximate surface area is 120 Å². The standard InChI is InChI=1S/C16H22N2O2/c1-12-9-14(13-5-3-2-4-6-13)10-18(12)16(19)15-11-20-8-7-17-15/h2-6,12,14-15,17H,7-11H2,1H3.